The molecular formula is C66H48B3N5. The van der Waals surface area contributed by atoms with Gasteiger partial charge in [0.2, 0.25) is 0 Å². The topological polar surface area (TPSA) is 17.9 Å². The monoisotopic (exact) mass is 943 g/mol. The van der Waals surface area contributed by atoms with Crippen LogP contribution in [0.5, 0.6) is 0 Å². The van der Waals surface area contributed by atoms with Crippen LogP contribution in [-0.4, -0.2) is 25.0 Å². The molecule has 0 radical (unpaired) electrons. The van der Waals surface area contributed by atoms with E-state index in [-0.39, 0.29) is 20.4 Å². The van der Waals surface area contributed by atoms with Gasteiger partial charge in [-0.3, -0.25) is 0 Å². The van der Waals surface area contributed by atoms with E-state index in [0.29, 0.717) is 11.8 Å². The molecule has 0 unspecified atom stereocenters. The molecule has 0 spiro atoms. The van der Waals surface area contributed by atoms with E-state index in [0.717, 1.165) is 5.69 Å². The fourth-order valence-corrected chi connectivity index (χ4v) is 14.6. The zero-order valence-corrected chi connectivity index (χ0v) is 41.8. The highest BCUT2D eigenvalue weighted by atomic mass is 15.2. The molecule has 6 aliphatic heterocycles. The number of hydrogen-bond donors (Lipinski definition) is 0. The van der Waals surface area contributed by atoms with Crippen molar-refractivity contribution in [3.8, 4) is 16.8 Å². The number of fused-ring (bicyclic) bond motifs is 15. The highest BCUT2D eigenvalue weighted by Crippen LogP contribution is 2.57. The zero-order valence-electron chi connectivity index (χ0n) is 41.8. The second-order valence-electron chi connectivity index (χ2n) is 21.9. The average Bonchev–Trinajstić information content (AvgIpc) is 3.78. The molecule has 0 N–H and O–H groups in total. The van der Waals surface area contributed by atoms with Crippen LogP contribution in [0, 0.1) is 0 Å². The first-order valence-electron chi connectivity index (χ1n) is 26.6. The minimum absolute atomic E-state index is 0.00845. The van der Waals surface area contributed by atoms with Crippen molar-refractivity contribution in [2.24, 2.45) is 0 Å². The van der Waals surface area contributed by atoms with E-state index >= 15 is 0 Å². The van der Waals surface area contributed by atoms with E-state index in [1.165, 1.54) is 139 Å². The Hall–Kier alpha value is -8.61. The third-order valence-electron chi connectivity index (χ3n) is 17.6. The Labute approximate surface area is 432 Å². The van der Waals surface area contributed by atoms with Crippen LogP contribution in [0.2, 0.25) is 0 Å². The van der Waals surface area contributed by atoms with Gasteiger partial charge >= 0.3 is 13.7 Å². The van der Waals surface area contributed by atoms with Gasteiger partial charge in [-0.2, -0.15) is 0 Å². The fraction of sp³-hybridized carbons (Fsp3) is 0.0909. The summed E-state index contributed by atoms with van der Waals surface area (Å²) in [6.45, 7) is 9.08. The van der Waals surface area contributed by atoms with Gasteiger partial charge in [0.15, 0.2) is 0 Å². The SMILES string of the molecule is CC(C)c1ccc2c(c1)N1c3ccccc3B3c4c5c6c7c(c41)B2c1ccc(C(C)C)cc1N7c1ccccc1B6N(c1ccccc1)c1cc(-n2c4ccccc4c4ccccc42)cc(c1-5)N3c1ccccc1. The normalized spacial score (nSPS) is 14.5. The van der Waals surface area contributed by atoms with Crippen LogP contribution < -0.4 is 57.7 Å². The summed E-state index contributed by atoms with van der Waals surface area (Å²) in [4.78, 5) is 10.9. The number of hydrogen-bond acceptors (Lipinski definition) is 4. The maximum Gasteiger partial charge on any atom is 0.333 e. The number of anilines is 10. The van der Waals surface area contributed by atoms with Crippen molar-refractivity contribution in [1.82, 2.24) is 4.57 Å². The molecule has 5 nitrogen and oxygen atoms in total. The number of nitrogens with zero attached hydrogens (tertiary/aromatic N) is 5. The van der Waals surface area contributed by atoms with Crippen molar-refractivity contribution in [3.63, 3.8) is 0 Å². The summed E-state index contributed by atoms with van der Waals surface area (Å²) in [5, 5.41) is 2.51. The maximum atomic E-state index is 2.73. The minimum atomic E-state index is -0.139. The van der Waals surface area contributed by atoms with Crippen LogP contribution in [0.15, 0.2) is 206 Å². The molecular weight excluding hydrogens is 895 g/mol. The largest absolute Gasteiger partial charge is 0.376 e. The molecule has 0 aliphatic carbocycles. The average molecular weight is 944 g/mol. The predicted octanol–water partition coefficient (Wildman–Crippen LogP) is 11.9. The molecule has 7 heterocycles. The van der Waals surface area contributed by atoms with Crippen LogP contribution in [0.4, 0.5) is 56.9 Å². The standard InChI is InChI=1S/C66H48B3N5/c1-39(2)41-31-33-48-56(35-41)71-54-29-17-13-25-50(54)68-62-61-60-58(73(68)43-19-7-5-8-20-43)37-45(70-52-27-15-11-23-46(52)47-24-12-16-28-53(47)70)38-59(60)74(44-21-9-6-10-22-44)69-51-26-14-18-30-55(51)72-57-36-42(40(3)4)32-34-49(57)67(48)64(65(62)71)66(72)63(61)69/h5-40H,1-4H3. The van der Waals surface area contributed by atoms with Crippen molar-refractivity contribution in [3.05, 3.63) is 217 Å². The quantitative estimate of drug-likeness (QED) is 0.160. The Morgan fingerprint density at radius 1 is 0.338 bits per heavy atom. The van der Waals surface area contributed by atoms with Crippen LogP contribution in [0.3, 0.4) is 0 Å². The van der Waals surface area contributed by atoms with Crippen molar-refractivity contribution >= 4 is 137 Å². The molecule has 74 heavy (non-hydrogen) atoms. The molecule has 0 atom stereocenters. The van der Waals surface area contributed by atoms with Crippen LogP contribution in [-0.2, 0) is 0 Å². The molecule has 11 aromatic rings. The summed E-state index contributed by atoms with van der Waals surface area (Å²) in [5.74, 6) is 0.737. The lowest BCUT2D eigenvalue weighted by atomic mass is 9.28. The molecule has 0 amide bonds. The summed E-state index contributed by atoms with van der Waals surface area (Å²) >= 11 is 0. The molecule has 0 fully saturated rings. The Balaban J connectivity index is 1.11. The molecule has 1 aromatic heterocycles. The summed E-state index contributed by atoms with van der Waals surface area (Å²) in [7, 11) is 0. The highest BCUT2D eigenvalue weighted by molar-refractivity contribution is 7.05. The van der Waals surface area contributed by atoms with Crippen LogP contribution in [0.25, 0.3) is 38.6 Å². The van der Waals surface area contributed by atoms with Gasteiger partial charge in [0, 0.05) is 73.2 Å². The number of para-hydroxylation sites is 6. The van der Waals surface area contributed by atoms with Gasteiger partial charge in [-0.25, -0.2) is 0 Å². The molecule has 0 saturated heterocycles. The van der Waals surface area contributed by atoms with Gasteiger partial charge in [-0.15, -0.1) is 0 Å². The van der Waals surface area contributed by atoms with Gasteiger partial charge in [0.25, 0.3) is 6.71 Å². The maximum absolute atomic E-state index is 2.73. The lowest BCUT2D eigenvalue weighted by Gasteiger charge is -2.56. The second-order valence-corrected chi connectivity index (χ2v) is 21.9. The Morgan fingerprint density at radius 2 is 0.770 bits per heavy atom. The molecule has 10 aromatic carbocycles. The van der Waals surface area contributed by atoms with Crippen molar-refractivity contribution < 1.29 is 0 Å². The smallest absolute Gasteiger partial charge is 0.333 e. The van der Waals surface area contributed by atoms with E-state index in [2.05, 4.69) is 258 Å². The predicted molar refractivity (Wildman–Crippen MR) is 316 cm³/mol. The number of aromatic nitrogens is 1. The first kappa shape index (κ1) is 40.9. The van der Waals surface area contributed by atoms with Crippen LogP contribution in [0.1, 0.15) is 50.7 Å². The first-order valence-corrected chi connectivity index (χ1v) is 26.6. The van der Waals surface area contributed by atoms with Gasteiger partial charge in [0.1, 0.15) is 0 Å². The van der Waals surface area contributed by atoms with E-state index in [1.54, 1.807) is 0 Å². The zero-order chi connectivity index (χ0) is 48.8. The van der Waals surface area contributed by atoms with Gasteiger partial charge in [-0.1, -0.05) is 161 Å². The van der Waals surface area contributed by atoms with Gasteiger partial charge in [0.05, 0.1) is 16.7 Å². The molecule has 0 bridgehead atoms. The summed E-state index contributed by atoms with van der Waals surface area (Å²) in [6, 6.07) is 79.2. The first-order chi connectivity index (χ1) is 36.4. The number of benzene rings is 10. The van der Waals surface area contributed by atoms with E-state index in [9.17, 15) is 0 Å². The van der Waals surface area contributed by atoms with Crippen LogP contribution >= 0.6 is 0 Å². The number of rotatable bonds is 5. The molecule has 346 valence electrons. The Kier molecular flexibility index (Phi) is 8.04. The Morgan fingerprint density at radius 3 is 1.24 bits per heavy atom. The molecule has 8 heteroatoms. The highest BCUT2D eigenvalue weighted by Gasteiger charge is 2.59. The lowest BCUT2D eigenvalue weighted by molar-refractivity contribution is 0.866. The summed E-state index contributed by atoms with van der Waals surface area (Å²) < 4.78 is 2.53. The molecule has 6 aliphatic rings. The van der Waals surface area contributed by atoms with E-state index in [4.69, 9.17) is 0 Å². The Bertz CT molecular complexity index is 4020. The van der Waals surface area contributed by atoms with Crippen molar-refractivity contribution in [1.29, 1.82) is 0 Å². The molecule has 0 saturated carbocycles. The third-order valence-corrected chi connectivity index (χ3v) is 17.6. The summed E-state index contributed by atoms with van der Waals surface area (Å²) in [5.41, 5.74) is 31.1. The lowest BCUT2D eigenvalue weighted by Crippen LogP contribution is -2.74. The third kappa shape index (κ3) is 5.04. The fourth-order valence-electron chi connectivity index (χ4n) is 14.6. The summed E-state index contributed by atoms with van der Waals surface area (Å²) in [6.07, 6.45) is 0. The van der Waals surface area contributed by atoms with Crippen molar-refractivity contribution in [2.75, 3.05) is 19.4 Å². The minimum Gasteiger partial charge on any atom is -0.376 e. The van der Waals surface area contributed by atoms with E-state index < -0.39 is 0 Å². The van der Waals surface area contributed by atoms with Crippen molar-refractivity contribution in [2.45, 2.75) is 39.5 Å². The van der Waals surface area contributed by atoms with E-state index in [1.807, 2.05) is 0 Å². The molecule has 17 rings (SSSR count). The van der Waals surface area contributed by atoms with Gasteiger partial charge < -0.3 is 24.0 Å². The second kappa shape index (κ2) is 14.5. The van der Waals surface area contributed by atoms with Gasteiger partial charge in [-0.05, 0) is 140 Å².